The minimum Gasteiger partial charge on any atom is -0.340 e. The van der Waals surface area contributed by atoms with Crippen LogP contribution in [0.2, 0.25) is 0 Å². The molecular formula is C27H28N4O. The Morgan fingerprint density at radius 3 is 1.47 bits per heavy atom. The van der Waals surface area contributed by atoms with Crippen molar-refractivity contribution >= 4 is 34.0 Å². The van der Waals surface area contributed by atoms with Crippen LogP contribution < -0.4 is 9.80 Å². The minimum atomic E-state index is -0.369. The molecule has 0 fully saturated rings. The van der Waals surface area contributed by atoms with Crippen LogP contribution in [0.3, 0.4) is 0 Å². The molecule has 5 heteroatoms. The molecule has 0 amide bonds. The quantitative estimate of drug-likeness (QED) is 0.360. The van der Waals surface area contributed by atoms with E-state index < -0.39 is 0 Å². The fourth-order valence-corrected chi connectivity index (χ4v) is 4.42. The zero-order chi connectivity index (χ0) is 22.1. The van der Waals surface area contributed by atoms with E-state index in [1.165, 1.54) is 11.1 Å². The van der Waals surface area contributed by atoms with Crippen LogP contribution in [0.25, 0.3) is 11.0 Å². The van der Waals surface area contributed by atoms with Crippen LogP contribution in [-0.2, 0) is 17.6 Å². The summed E-state index contributed by atoms with van der Waals surface area (Å²) in [6, 6.07) is 25.0. The summed E-state index contributed by atoms with van der Waals surface area (Å²) < 4.78 is 6.33. The second-order valence-corrected chi connectivity index (χ2v) is 7.85. The van der Waals surface area contributed by atoms with Crippen molar-refractivity contribution in [3.8, 4) is 0 Å². The molecule has 0 aliphatic carbocycles. The van der Waals surface area contributed by atoms with Crippen molar-refractivity contribution in [1.29, 1.82) is 0 Å². The van der Waals surface area contributed by atoms with Crippen LogP contribution >= 0.6 is 0 Å². The van der Waals surface area contributed by atoms with Gasteiger partial charge in [0.1, 0.15) is 0 Å². The molecule has 0 spiro atoms. The standard InChI is InChI=1S/C27H28N4O/c1-4-19-17-18-20(5-2)24-23(19)28-25-26(29-24)31(22-15-11-8-12-16-22)27(32-6-3)30(25)21-13-9-7-10-14-21/h7-18,27H,4-6H2,1-3H3. The number of hydrogen-bond acceptors (Lipinski definition) is 5. The van der Waals surface area contributed by atoms with E-state index in [0.29, 0.717) is 6.61 Å². The normalized spacial score (nSPS) is 13.7. The fourth-order valence-electron chi connectivity index (χ4n) is 4.42. The van der Waals surface area contributed by atoms with Crippen molar-refractivity contribution in [3.05, 3.63) is 83.9 Å². The van der Waals surface area contributed by atoms with E-state index in [0.717, 1.165) is 46.9 Å². The molecule has 5 rings (SSSR count). The molecule has 0 saturated carbocycles. The fraction of sp³-hybridized carbons (Fsp3) is 0.259. The van der Waals surface area contributed by atoms with E-state index in [4.69, 9.17) is 14.7 Å². The Hall–Kier alpha value is -3.44. The van der Waals surface area contributed by atoms with E-state index >= 15 is 0 Å². The van der Waals surface area contributed by atoms with Crippen molar-refractivity contribution in [2.45, 2.75) is 40.0 Å². The van der Waals surface area contributed by atoms with Crippen LogP contribution in [0.1, 0.15) is 31.9 Å². The molecule has 0 atom stereocenters. The highest BCUT2D eigenvalue weighted by Gasteiger charge is 2.41. The van der Waals surface area contributed by atoms with E-state index in [9.17, 15) is 0 Å². The number of aromatic nitrogens is 2. The summed E-state index contributed by atoms with van der Waals surface area (Å²) >= 11 is 0. The Morgan fingerprint density at radius 1 is 0.656 bits per heavy atom. The second-order valence-electron chi connectivity index (χ2n) is 7.85. The predicted octanol–water partition coefficient (Wildman–Crippen LogP) is 6.36. The largest absolute Gasteiger partial charge is 0.340 e. The highest BCUT2D eigenvalue weighted by Crippen LogP contribution is 2.46. The van der Waals surface area contributed by atoms with Gasteiger partial charge in [0.05, 0.1) is 11.0 Å². The van der Waals surface area contributed by atoms with Gasteiger partial charge >= 0.3 is 0 Å². The van der Waals surface area contributed by atoms with Crippen molar-refractivity contribution in [3.63, 3.8) is 0 Å². The Labute approximate surface area is 189 Å². The third-order valence-corrected chi connectivity index (χ3v) is 6.00. The Balaban J connectivity index is 1.82. The lowest BCUT2D eigenvalue weighted by molar-refractivity contribution is 0.0767. The van der Waals surface area contributed by atoms with Crippen molar-refractivity contribution in [2.75, 3.05) is 16.4 Å². The number of anilines is 4. The van der Waals surface area contributed by atoms with Gasteiger partial charge in [-0.25, -0.2) is 9.97 Å². The molecule has 1 aliphatic rings. The third-order valence-electron chi connectivity index (χ3n) is 6.00. The number of benzene rings is 3. The summed E-state index contributed by atoms with van der Waals surface area (Å²) in [5, 5.41) is 0. The Kier molecular flexibility index (Phi) is 5.50. The van der Waals surface area contributed by atoms with Crippen LogP contribution in [0.5, 0.6) is 0 Å². The van der Waals surface area contributed by atoms with Crippen molar-refractivity contribution < 1.29 is 4.74 Å². The third kappa shape index (κ3) is 3.30. The second kappa shape index (κ2) is 8.60. The zero-order valence-electron chi connectivity index (χ0n) is 18.8. The van der Waals surface area contributed by atoms with Gasteiger partial charge in [-0.15, -0.1) is 0 Å². The lowest BCUT2D eigenvalue weighted by atomic mass is 10.0. The predicted molar refractivity (Wildman–Crippen MR) is 131 cm³/mol. The first-order valence-corrected chi connectivity index (χ1v) is 11.4. The molecule has 162 valence electrons. The van der Waals surface area contributed by atoms with Crippen LogP contribution in [0.4, 0.5) is 23.0 Å². The van der Waals surface area contributed by atoms with E-state index in [2.05, 4.69) is 60.0 Å². The van der Waals surface area contributed by atoms with Gasteiger partial charge in [-0.05, 0) is 55.2 Å². The molecule has 0 bridgehead atoms. The molecule has 1 aliphatic heterocycles. The van der Waals surface area contributed by atoms with Gasteiger partial charge in [0.25, 0.3) is 0 Å². The molecular weight excluding hydrogens is 396 g/mol. The van der Waals surface area contributed by atoms with Gasteiger partial charge in [0.15, 0.2) is 11.6 Å². The number of aryl methyl sites for hydroxylation is 2. The smallest absolute Gasteiger partial charge is 0.221 e. The first-order valence-electron chi connectivity index (χ1n) is 11.4. The summed E-state index contributed by atoms with van der Waals surface area (Å²) in [5.74, 6) is 1.66. The van der Waals surface area contributed by atoms with Crippen LogP contribution in [-0.4, -0.2) is 22.9 Å². The molecule has 5 nitrogen and oxygen atoms in total. The highest BCUT2D eigenvalue weighted by molar-refractivity contribution is 5.91. The number of fused-ring (bicyclic) bond motifs is 2. The molecule has 0 radical (unpaired) electrons. The molecule has 3 aromatic carbocycles. The van der Waals surface area contributed by atoms with E-state index in [-0.39, 0.29) is 6.35 Å². The summed E-state index contributed by atoms with van der Waals surface area (Å²) in [7, 11) is 0. The highest BCUT2D eigenvalue weighted by atomic mass is 16.5. The van der Waals surface area contributed by atoms with Gasteiger partial charge in [0.2, 0.25) is 6.35 Å². The molecule has 32 heavy (non-hydrogen) atoms. The average molecular weight is 425 g/mol. The summed E-state index contributed by atoms with van der Waals surface area (Å²) in [4.78, 5) is 14.8. The number of ether oxygens (including phenoxy) is 1. The molecule has 0 saturated heterocycles. The van der Waals surface area contributed by atoms with E-state index in [1.807, 2.05) is 43.3 Å². The lowest BCUT2D eigenvalue weighted by Crippen LogP contribution is -2.40. The van der Waals surface area contributed by atoms with Crippen molar-refractivity contribution in [2.24, 2.45) is 0 Å². The lowest BCUT2D eigenvalue weighted by Gasteiger charge is -2.31. The van der Waals surface area contributed by atoms with E-state index in [1.54, 1.807) is 0 Å². The van der Waals surface area contributed by atoms with Crippen LogP contribution in [0.15, 0.2) is 72.8 Å². The number of rotatable bonds is 6. The molecule has 4 aromatic rings. The van der Waals surface area contributed by atoms with Gasteiger partial charge in [-0.3, -0.25) is 9.80 Å². The first-order chi connectivity index (χ1) is 15.8. The maximum Gasteiger partial charge on any atom is 0.221 e. The monoisotopic (exact) mass is 424 g/mol. The molecule has 2 heterocycles. The summed E-state index contributed by atoms with van der Waals surface area (Å²) in [5.41, 5.74) is 6.46. The number of nitrogens with zero attached hydrogens (tertiary/aromatic N) is 4. The number of para-hydroxylation sites is 2. The van der Waals surface area contributed by atoms with Crippen LogP contribution in [0, 0.1) is 0 Å². The van der Waals surface area contributed by atoms with Gasteiger partial charge in [0, 0.05) is 18.0 Å². The zero-order valence-corrected chi connectivity index (χ0v) is 18.8. The molecule has 0 unspecified atom stereocenters. The van der Waals surface area contributed by atoms with Gasteiger partial charge < -0.3 is 4.74 Å². The summed E-state index contributed by atoms with van der Waals surface area (Å²) in [6.07, 6.45) is 1.46. The minimum absolute atomic E-state index is 0.369. The maximum atomic E-state index is 6.33. The van der Waals surface area contributed by atoms with Gasteiger partial charge in [-0.2, -0.15) is 0 Å². The molecule has 1 aromatic heterocycles. The SMILES string of the molecule is CCOC1N(c2ccccc2)c2nc3c(CC)ccc(CC)c3nc2N1c1ccccc1. The topological polar surface area (TPSA) is 41.5 Å². The number of hydrogen-bond donors (Lipinski definition) is 0. The Bertz CT molecular complexity index is 1130. The molecule has 0 N–H and O–H groups in total. The average Bonchev–Trinajstić information content (AvgIpc) is 3.16. The van der Waals surface area contributed by atoms with Crippen molar-refractivity contribution in [1.82, 2.24) is 9.97 Å². The maximum absolute atomic E-state index is 6.33. The summed E-state index contributed by atoms with van der Waals surface area (Å²) in [6.45, 7) is 6.94. The first kappa shape index (κ1) is 20.5. The van der Waals surface area contributed by atoms with Gasteiger partial charge in [-0.1, -0.05) is 62.4 Å². The Morgan fingerprint density at radius 2 is 1.09 bits per heavy atom.